The van der Waals surface area contributed by atoms with E-state index in [4.69, 9.17) is 19.2 Å². The number of carbonyl (C=O) groups excluding carboxylic acids is 2. The maximum atomic E-state index is 15.4. The van der Waals surface area contributed by atoms with Gasteiger partial charge in [-0.1, -0.05) is 6.42 Å². The summed E-state index contributed by atoms with van der Waals surface area (Å²) in [5.74, 6) is 0.610. The van der Waals surface area contributed by atoms with Crippen LogP contribution in [0.2, 0.25) is 0 Å². The number of benzene rings is 1. The number of rotatable bonds is 3. The predicted molar refractivity (Wildman–Crippen MR) is 136 cm³/mol. The molecule has 0 radical (unpaired) electrons. The van der Waals surface area contributed by atoms with Gasteiger partial charge < -0.3 is 24.4 Å². The van der Waals surface area contributed by atoms with Crippen molar-refractivity contribution in [1.82, 2.24) is 19.5 Å². The average Bonchev–Trinajstić information content (AvgIpc) is 3.49. The third-order valence-electron chi connectivity index (χ3n) is 7.64. The van der Waals surface area contributed by atoms with Gasteiger partial charge in [-0.05, 0) is 49.8 Å². The van der Waals surface area contributed by atoms with Crippen molar-refractivity contribution in [2.75, 3.05) is 32.2 Å². The molecule has 38 heavy (non-hydrogen) atoms. The normalized spacial score (nSPS) is 20.8. The van der Waals surface area contributed by atoms with Gasteiger partial charge in [-0.15, -0.1) is 0 Å². The molecule has 2 aliphatic heterocycles. The van der Waals surface area contributed by atoms with Gasteiger partial charge in [0.15, 0.2) is 17.1 Å². The number of halogens is 1. The van der Waals surface area contributed by atoms with E-state index in [0.29, 0.717) is 72.1 Å². The highest BCUT2D eigenvalue weighted by molar-refractivity contribution is 5.98. The summed E-state index contributed by atoms with van der Waals surface area (Å²) in [6.07, 6.45) is 7.23. The molecule has 6 rings (SSSR count). The van der Waals surface area contributed by atoms with Crippen molar-refractivity contribution in [1.29, 1.82) is 0 Å². The Labute approximate surface area is 219 Å². The van der Waals surface area contributed by atoms with Crippen molar-refractivity contribution in [2.24, 2.45) is 0 Å². The van der Waals surface area contributed by atoms with E-state index in [1.165, 1.54) is 7.11 Å². The van der Waals surface area contributed by atoms with Crippen LogP contribution in [0.1, 0.15) is 44.9 Å². The first-order valence-electron chi connectivity index (χ1n) is 13.1. The van der Waals surface area contributed by atoms with Gasteiger partial charge in [-0.25, -0.2) is 8.91 Å². The van der Waals surface area contributed by atoms with E-state index in [-0.39, 0.29) is 38.0 Å². The Hall–Kier alpha value is -3.89. The minimum Gasteiger partial charge on any atom is -0.492 e. The highest BCUT2D eigenvalue weighted by Gasteiger charge is 2.39. The number of anilines is 1. The molecule has 2 fully saturated rings. The van der Waals surface area contributed by atoms with Gasteiger partial charge in [0.1, 0.15) is 19.0 Å². The molecule has 4 bridgehead atoms. The largest absolute Gasteiger partial charge is 0.492 e. The van der Waals surface area contributed by atoms with Gasteiger partial charge in [-0.2, -0.15) is 10.1 Å². The number of aromatic nitrogens is 3. The summed E-state index contributed by atoms with van der Waals surface area (Å²) in [5.41, 5.74) is 0.408. The third-order valence-corrected chi connectivity index (χ3v) is 7.64. The molecule has 0 spiro atoms. The number of nitrogens with zero attached hydrogens (tertiary/aromatic N) is 4. The molecule has 1 saturated carbocycles. The van der Waals surface area contributed by atoms with Crippen molar-refractivity contribution in [3.05, 3.63) is 30.6 Å². The van der Waals surface area contributed by atoms with E-state index in [1.54, 1.807) is 33.9 Å². The number of ether oxygens (including phenoxy) is 3. The van der Waals surface area contributed by atoms with E-state index in [2.05, 4.69) is 10.4 Å². The Balaban J connectivity index is 1.41. The number of fused-ring (bicyclic) bond motifs is 5. The van der Waals surface area contributed by atoms with Crippen LogP contribution in [0, 0.1) is 0 Å². The smallest absolute Gasteiger partial charge is 0.262 e. The quantitative estimate of drug-likeness (QED) is 0.557. The molecule has 0 unspecified atom stereocenters. The van der Waals surface area contributed by atoms with Crippen LogP contribution in [0.3, 0.4) is 0 Å². The second kappa shape index (κ2) is 9.77. The predicted octanol–water partition coefficient (Wildman–Crippen LogP) is 3.78. The van der Waals surface area contributed by atoms with E-state index in [1.807, 2.05) is 6.07 Å². The monoisotopic (exact) mass is 523 g/mol. The number of hydrogen-bond acceptors (Lipinski definition) is 7. The molecular weight excluding hydrogens is 493 g/mol. The third kappa shape index (κ3) is 4.50. The summed E-state index contributed by atoms with van der Waals surface area (Å²) < 4.78 is 34.6. The average molecular weight is 524 g/mol. The van der Waals surface area contributed by atoms with Crippen LogP contribution in [-0.4, -0.2) is 69.9 Å². The van der Waals surface area contributed by atoms with Gasteiger partial charge in [-0.3, -0.25) is 9.59 Å². The zero-order chi connectivity index (χ0) is 26.3. The van der Waals surface area contributed by atoms with Crippen molar-refractivity contribution >= 4 is 23.1 Å². The van der Waals surface area contributed by atoms with Gasteiger partial charge in [0.25, 0.3) is 11.8 Å². The van der Waals surface area contributed by atoms with Gasteiger partial charge in [0, 0.05) is 23.7 Å². The number of methoxy groups -OCH3 is 1. The highest BCUT2D eigenvalue weighted by atomic mass is 19.1. The van der Waals surface area contributed by atoms with E-state index >= 15 is 4.39 Å². The molecular formula is C27H30FN5O5. The lowest BCUT2D eigenvalue weighted by Crippen LogP contribution is -2.40. The molecule has 1 saturated heterocycles. The van der Waals surface area contributed by atoms with Crippen LogP contribution >= 0.6 is 0 Å². The maximum Gasteiger partial charge on any atom is 0.262 e. The van der Waals surface area contributed by atoms with Crippen molar-refractivity contribution in [3.63, 3.8) is 0 Å². The summed E-state index contributed by atoms with van der Waals surface area (Å²) in [6.45, 7) is 0.915. The van der Waals surface area contributed by atoms with Gasteiger partial charge >= 0.3 is 0 Å². The molecule has 1 atom stereocenters. The van der Waals surface area contributed by atoms with Gasteiger partial charge in [0.05, 0.1) is 32.1 Å². The maximum absolute atomic E-state index is 15.4. The standard InChI is InChI=1S/C27H30FN5O5/c1-36-22-15-33-24-21(14-29-33)17-11-18(30-26(35)27(28)7-3-2-4-8-27)13-20(12-17)37-10-9-32-19(5-6-23(32)34)16-38-25(22)31-24/h11-15,19H,2-10,16H2,1H3,(H,30,35)/t19-/m0/s1. The molecule has 10 nitrogen and oxygen atoms in total. The van der Waals surface area contributed by atoms with Crippen molar-refractivity contribution in [2.45, 2.75) is 56.7 Å². The minimum atomic E-state index is -1.88. The van der Waals surface area contributed by atoms with Gasteiger partial charge in [0.2, 0.25) is 5.91 Å². The number of amides is 2. The lowest BCUT2D eigenvalue weighted by molar-refractivity contribution is -0.130. The fraction of sp³-hybridized carbons (Fsp3) is 0.481. The Bertz CT molecular complexity index is 1390. The van der Waals surface area contributed by atoms with E-state index < -0.39 is 11.6 Å². The zero-order valence-electron chi connectivity index (χ0n) is 21.2. The van der Waals surface area contributed by atoms with Crippen LogP contribution in [0.15, 0.2) is 30.6 Å². The second-order valence-electron chi connectivity index (χ2n) is 10.1. The minimum absolute atomic E-state index is 0.0465. The summed E-state index contributed by atoms with van der Waals surface area (Å²) in [6, 6.07) is 5.14. The number of nitrogens with one attached hydrogen (secondary N) is 1. The van der Waals surface area contributed by atoms with Crippen LogP contribution in [0.25, 0.3) is 16.8 Å². The summed E-state index contributed by atoms with van der Waals surface area (Å²) in [5, 5.41) is 7.21. The molecule has 1 aromatic carbocycles. The molecule has 3 aromatic rings. The summed E-state index contributed by atoms with van der Waals surface area (Å²) >= 11 is 0. The number of hydrogen-bond donors (Lipinski definition) is 1. The van der Waals surface area contributed by atoms with E-state index in [9.17, 15) is 9.59 Å². The van der Waals surface area contributed by atoms with Crippen LogP contribution in [0.4, 0.5) is 10.1 Å². The molecule has 2 amide bonds. The van der Waals surface area contributed by atoms with Crippen LogP contribution in [0.5, 0.6) is 17.4 Å². The van der Waals surface area contributed by atoms with Crippen LogP contribution in [-0.2, 0) is 9.59 Å². The molecule has 2 aromatic heterocycles. The number of carbonyl (C=O) groups is 2. The lowest BCUT2D eigenvalue weighted by atomic mass is 9.85. The molecule has 1 N–H and O–H groups in total. The molecule has 4 heterocycles. The Kier molecular flexibility index (Phi) is 6.29. The SMILES string of the molecule is COc1cn2ncc3c2nc1OC[C@@H]1CCC(=O)N1CCOc1cc(NC(=O)C2(F)CCCCC2)cc-3c1. The number of alkyl halides is 1. The summed E-state index contributed by atoms with van der Waals surface area (Å²) in [7, 11) is 1.53. The molecule has 3 aliphatic rings. The Morgan fingerprint density at radius 2 is 2.05 bits per heavy atom. The summed E-state index contributed by atoms with van der Waals surface area (Å²) in [4.78, 5) is 32.0. The van der Waals surface area contributed by atoms with E-state index in [0.717, 1.165) is 6.42 Å². The van der Waals surface area contributed by atoms with Crippen molar-refractivity contribution < 1.29 is 28.2 Å². The first-order chi connectivity index (χ1) is 18.4. The second-order valence-corrected chi connectivity index (χ2v) is 10.1. The first-order valence-corrected chi connectivity index (χ1v) is 13.1. The van der Waals surface area contributed by atoms with Crippen LogP contribution < -0.4 is 19.5 Å². The zero-order valence-corrected chi connectivity index (χ0v) is 21.2. The Morgan fingerprint density at radius 1 is 1.21 bits per heavy atom. The molecule has 11 heteroatoms. The Morgan fingerprint density at radius 3 is 2.87 bits per heavy atom. The molecule has 200 valence electrons. The molecule has 1 aliphatic carbocycles. The lowest BCUT2D eigenvalue weighted by Gasteiger charge is -2.28. The van der Waals surface area contributed by atoms with Crippen molar-refractivity contribution in [3.8, 4) is 28.5 Å². The first kappa shape index (κ1) is 24.4. The topological polar surface area (TPSA) is 107 Å². The fourth-order valence-electron chi connectivity index (χ4n) is 5.53. The fourth-order valence-corrected chi connectivity index (χ4v) is 5.53. The highest BCUT2D eigenvalue weighted by Crippen LogP contribution is 2.36.